The van der Waals surface area contributed by atoms with Crippen LogP contribution in [0.1, 0.15) is 45.1 Å². The highest BCUT2D eigenvalue weighted by atomic mass is 15.2. The first kappa shape index (κ1) is 16.4. The van der Waals surface area contributed by atoms with Gasteiger partial charge >= 0.3 is 0 Å². The monoisotopic (exact) mass is 289 g/mol. The summed E-state index contributed by atoms with van der Waals surface area (Å²) in [5, 5.41) is 3.78. The van der Waals surface area contributed by atoms with Crippen LogP contribution < -0.4 is 5.32 Å². The van der Waals surface area contributed by atoms with E-state index < -0.39 is 0 Å². The molecule has 21 heavy (non-hydrogen) atoms. The molecular formula is C18H31N3. The van der Waals surface area contributed by atoms with Gasteiger partial charge in [-0.2, -0.15) is 0 Å². The summed E-state index contributed by atoms with van der Waals surface area (Å²) in [6.07, 6.45) is 10.2. The van der Waals surface area contributed by atoms with Gasteiger partial charge in [0, 0.05) is 24.0 Å². The van der Waals surface area contributed by atoms with E-state index in [-0.39, 0.29) is 5.54 Å². The fourth-order valence-corrected chi connectivity index (χ4v) is 3.82. The number of hydrogen-bond donors (Lipinski definition) is 1. The van der Waals surface area contributed by atoms with Gasteiger partial charge in [-0.3, -0.25) is 4.98 Å². The first-order valence-corrected chi connectivity index (χ1v) is 8.38. The summed E-state index contributed by atoms with van der Waals surface area (Å²) in [6, 6.07) is 4.81. The molecule has 1 heterocycles. The van der Waals surface area contributed by atoms with Crippen LogP contribution in [-0.2, 0) is 6.42 Å². The van der Waals surface area contributed by atoms with Crippen LogP contribution in [0.5, 0.6) is 0 Å². The minimum atomic E-state index is 0.284. The van der Waals surface area contributed by atoms with Crippen LogP contribution in [0.4, 0.5) is 0 Å². The zero-order valence-corrected chi connectivity index (χ0v) is 14.1. The van der Waals surface area contributed by atoms with Gasteiger partial charge in [-0.15, -0.1) is 0 Å². The molecule has 1 unspecified atom stereocenters. The molecule has 3 nitrogen and oxygen atoms in total. The zero-order valence-electron chi connectivity index (χ0n) is 14.1. The Morgan fingerprint density at radius 3 is 2.43 bits per heavy atom. The molecule has 0 aliphatic heterocycles. The number of pyridine rings is 1. The van der Waals surface area contributed by atoms with E-state index in [1.54, 1.807) is 0 Å². The Hall–Kier alpha value is -0.930. The number of likely N-dealkylation sites (N-methyl/N-ethyl adjacent to an activating group) is 2. The molecule has 118 valence electrons. The second-order valence-electron chi connectivity index (χ2n) is 6.85. The number of nitrogens with zero attached hydrogens (tertiary/aromatic N) is 2. The van der Waals surface area contributed by atoms with Crippen molar-refractivity contribution in [1.29, 1.82) is 0 Å². The summed E-state index contributed by atoms with van der Waals surface area (Å²) < 4.78 is 0. The molecule has 1 aliphatic rings. The summed E-state index contributed by atoms with van der Waals surface area (Å²) in [5.41, 5.74) is 1.67. The van der Waals surface area contributed by atoms with E-state index in [9.17, 15) is 0 Å². The summed E-state index contributed by atoms with van der Waals surface area (Å²) in [4.78, 5) is 6.62. The van der Waals surface area contributed by atoms with Gasteiger partial charge in [0.1, 0.15) is 0 Å². The van der Waals surface area contributed by atoms with Gasteiger partial charge in [0.15, 0.2) is 0 Å². The third-order valence-electron chi connectivity index (χ3n) is 5.32. The first-order valence-electron chi connectivity index (χ1n) is 8.38. The third kappa shape index (κ3) is 3.83. The lowest BCUT2D eigenvalue weighted by Crippen LogP contribution is -2.61. The predicted molar refractivity (Wildman–Crippen MR) is 89.5 cm³/mol. The Bertz CT molecular complexity index is 408. The highest BCUT2D eigenvalue weighted by Crippen LogP contribution is 2.38. The van der Waals surface area contributed by atoms with Gasteiger partial charge in [-0.25, -0.2) is 0 Å². The number of rotatable bonds is 6. The van der Waals surface area contributed by atoms with Crippen LogP contribution in [0.2, 0.25) is 0 Å². The lowest BCUT2D eigenvalue weighted by Gasteiger charge is -2.50. The van der Waals surface area contributed by atoms with Crippen molar-refractivity contribution < 1.29 is 0 Å². The van der Waals surface area contributed by atoms with Crippen molar-refractivity contribution in [2.24, 2.45) is 5.92 Å². The normalized spacial score (nSPS) is 27.8. The highest BCUT2D eigenvalue weighted by molar-refractivity contribution is 5.15. The molecule has 0 bridgehead atoms. The molecule has 3 heteroatoms. The van der Waals surface area contributed by atoms with Crippen LogP contribution in [0.3, 0.4) is 0 Å². The molecule has 2 rings (SSSR count). The van der Waals surface area contributed by atoms with E-state index in [0.29, 0.717) is 6.04 Å². The lowest BCUT2D eigenvalue weighted by atomic mass is 9.70. The molecule has 0 radical (unpaired) electrons. The summed E-state index contributed by atoms with van der Waals surface area (Å²) in [7, 11) is 4.51. The summed E-state index contributed by atoms with van der Waals surface area (Å²) in [6.45, 7) is 5.64. The molecule has 1 saturated carbocycles. The Morgan fingerprint density at radius 1 is 1.29 bits per heavy atom. The van der Waals surface area contributed by atoms with Gasteiger partial charge in [-0.05, 0) is 76.4 Å². The van der Waals surface area contributed by atoms with Crippen LogP contribution in [0.15, 0.2) is 24.5 Å². The van der Waals surface area contributed by atoms with Crippen molar-refractivity contribution in [3.05, 3.63) is 30.1 Å². The van der Waals surface area contributed by atoms with Gasteiger partial charge in [-0.1, -0.05) is 13.8 Å². The van der Waals surface area contributed by atoms with E-state index in [1.165, 1.54) is 31.2 Å². The largest absolute Gasteiger partial charge is 0.312 e. The van der Waals surface area contributed by atoms with E-state index >= 15 is 0 Å². The molecule has 0 saturated heterocycles. The van der Waals surface area contributed by atoms with Crippen molar-refractivity contribution in [1.82, 2.24) is 15.2 Å². The van der Waals surface area contributed by atoms with Crippen molar-refractivity contribution in [2.45, 2.75) is 57.5 Å². The van der Waals surface area contributed by atoms with Gasteiger partial charge < -0.3 is 10.2 Å². The van der Waals surface area contributed by atoms with E-state index in [2.05, 4.69) is 55.3 Å². The molecule has 0 spiro atoms. The number of nitrogens with one attached hydrogen (secondary N) is 1. The SMILES string of the molecule is CCNC(Cc1ccncc1)C1(N(C)C)CCC(C)CC1. The maximum atomic E-state index is 4.14. The average molecular weight is 289 g/mol. The maximum Gasteiger partial charge on any atom is 0.0359 e. The molecule has 0 aromatic carbocycles. The minimum absolute atomic E-state index is 0.284. The van der Waals surface area contributed by atoms with E-state index in [1.807, 2.05) is 12.4 Å². The fraction of sp³-hybridized carbons (Fsp3) is 0.722. The second-order valence-corrected chi connectivity index (χ2v) is 6.85. The quantitative estimate of drug-likeness (QED) is 0.872. The fourth-order valence-electron chi connectivity index (χ4n) is 3.82. The molecule has 1 N–H and O–H groups in total. The predicted octanol–water partition coefficient (Wildman–Crippen LogP) is 3.11. The Balaban J connectivity index is 2.20. The smallest absolute Gasteiger partial charge is 0.0359 e. The maximum absolute atomic E-state index is 4.14. The van der Waals surface area contributed by atoms with Crippen LogP contribution >= 0.6 is 0 Å². The number of aromatic nitrogens is 1. The average Bonchev–Trinajstić information content (AvgIpc) is 2.49. The van der Waals surface area contributed by atoms with Crippen molar-refractivity contribution >= 4 is 0 Å². The van der Waals surface area contributed by atoms with Crippen LogP contribution in [0.25, 0.3) is 0 Å². The van der Waals surface area contributed by atoms with E-state index in [0.717, 1.165) is 18.9 Å². The van der Waals surface area contributed by atoms with Gasteiger partial charge in [0.25, 0.3) is 0 Å². The third-order valence-corrected chi connectivity index (χ3v) is 5.32. The van der Waals surface area contributed by atoms with Gasteiger partial charge in [0.2, 0.25) is 0 Å². The summed E-state index contributed by atoms with van der Waals surface area (Å²) >= 11 is 0. The molecular weight excluding hydrogens is 258 g/mol. The molecule has 1 aromatic heterocycles. The molecule has 1 atom stereocenters. The van der Waals surface area contributed by atoms with Crippen molar-refractivity contribution in [3.63, 3.8) is 0 Å². The zero-order chi connectivity index (χ0) is 15.3. The van der Waals surface area contributed by atoms with Crippen LogP contribution in [0, 0.1) is 5.92 Å². The first-order chi connectivity index (χ1) is 10.1. The minimum Gasteiger partial charge on any atom is -0.312 e. The van der Waals surface area contributed by atoms with Crippen molar-refractivity contribution in [2.75, 3.05) is 20.6 Å². The highest BCUT2D eigenvalue weighted by Gasteiger charge is 2.42. The Morgan fingerprint density at radius 2 is 1.90 bits per heavy atom. The van der Waals surface area contributed by atoms with E-state index in [4.69, 9.17) is 0 Å². The number of hydrogen-bond acceptors (Lipinski definition) is 3. The second kappa shape index (κ2) is 7.37. The summed E-state index contributed by atoms with van der Waals surface area (Å²) in [5.74, 6) is 0.876. The molecule has 1 aliphatic carbocycles. The Kier molecular flexibility index (Phi) is 5.77. The Labute approximate surface area is 130 Å². The topological polar surface area (TPSA) is 28.2 Å². The molecule has 1 aromatic rings. The standard InChI is InChI=1S/C18H31N3/c1-5-20-17(14-16-8-12-19-13-9-16)18(21(3)4)10-6-15(2)7-11-18/h8-9,12-13,15,17,20H,5-7,10-11,14H2,1-4H3. The van der Waals surface area contributed by atoms with Crippen LogP contribution in [-0.4, -0.2) is 42.1 Å². The van der Waals surface area contributed by atoms with Gasteiger partial charge in [0.05, 0.1) is 0 Å². The molecule has 1 fully saturated rings. The lowest BCUT2D eigenvalue weighted by molar-refractivity contribution is 0.0440. The molecule has 0 amide bonds. The van der Waals surface area contributed by atoms with Crippen molar-refractivity contribution in [3.8, 4) is 0 Å².